The van der Waals surface area contributed by atoms with Crippen molar-refractivity contribution >= 4 is 28.5 Å². The van der Waals surface area contributed by atoms with E-state index in [1.165, 1.54) is 10.7 Å². The second-order valence-corrected chi connectivity index (χ2v) is 6.32. The predicted molar refractivity (Wildman–Crippen MR) is 81.3 cm³/mol. The molecular weight excluding hydrogens is 293 g/mol. The number of rotatable bonds is 1. The molecule has 0 atom stereocenters. The minimum Gasteiger partial charge on any atom is -0.383 e. The largest absolute Gasteiger partial charge is 0.383 e. The van der Waals surface area contributed by atoms with Gasteiger partial charge in [0.15, 0.2) is 5.65 Å². The fourth-order valence-corrected chi connectivity index (χ4v) is 2.54. The number of nitrogens with two attached hydrogens (primary N) is 1. The number of benzene rings is 1. The van der Waals surface area contributed by atoms with E-state index in [1.807, 2.05) is 20.8 Å². The molecule has 5 nitrogen and oxygen atoms in total. The van der Waals surface area contributed by atoms with Crippen LogP contribution in [-0.2, 0) is 5.41 Å². The lowest BCUT2D eigenvalue weighted by molar-refractivity contribution is 0.559. The van der Waals surface area contributed by atoms with Crippen molar-refractivity contribution in [1.29, 1.82) is 0 Å². The third-order valence-electron chi connectivity index (χ3n) is 3.27. The van der Waals surface area contributed by atoms with Gasteiger partial charge in [-0.2, -0.15) is 10.2 Å². The summed E-state index contributed by atoms with van der Waals surface area (Å²) >= 11 is 6.12. The highest BCUT2D eigenvalue weighted by Crippen LogP contribution is 2.34. The molecule has 0 saturated heterocycles. The van der Waals surface area contributed by atoms with Gasteiger partial charge in [0, 0.05) is 5.41 Å². The van der Waals surface area contributed by atoms with Crippen LogP contribution in [0.25, 0.3) is 16.7 Å². The number of nitrogens with zero attached hydrogens (tertiary/aromatic N) is 3. The number of hydrogen-bond donors (Lipinski definition) is 2. The third kappa shape index (κ3) is 2.06. The Labute approximate surface area is 125 Å². The van der Waals surface area contributed by atoms with Crippen molar-refractivity contribution in [1.82, 2.24) is 20.0 Å². The first-order valence-electron chi connectivity index (χ1n) is 6.48. The molecule has 0 spiro atoms. The van der Waals surface area contributed by atoms with Crippen LogP contribution in [0.4, 0.5) is 10.2 Å². The van der Waals surface area contributed by atoms with Crippen molar-refractivity contribution in [2.45, 2.75) is 26.2 Å². The van der Waals surface area contributed by atoms with Crippen LogP contribution in [0.2, 0.25) is 5.02 Å². The molecule has 3 aromatic rings. The van der Waals surface area contributed by atoms with Gasteiger partial charge >= 0.3 is 0 Å². The number of aromatic amines is 1. The van der Waals surface area contributed by atoms with E-state index >= 15 is 0 Å². The topological polar surface area (TPSA) is 72.5 Å². The van der Waals surface area contributed by atoms with E-state index in [1.54, 1.807) is 12.1 Å². The molecule has 0 aliphatic carbocycles. The second-order valence-electron chi connectivity index (χ2n) is 5.92. The van der Waals surface area contributed by atoms with E-state index in [2.05, 4.69) is 15.3 Å². The van der Waals surface area contributed by atoms with Crippen LogP contribution < -0.4 is 5.73 Å². The fourth-order valence-electron chi connectivity index (χ4n) is 2.30. The van der Waals surface area contributed by atoms with Crippen LogP contribution in [0.15, 0.2) is 18.2 Å². The second kappa shape index (κ2) is 4.46. The van der Waals surface area contributed by atoms with Crippen molar-refractivity contribution < 1.29 is 4.39 Å². The molecule has 0 unspecified atom stereocenters. The number of H-pyrrole nitrogens is 1. The Morgan fingerprint density at radius 3 is 2.67 bits per heavy atom. The Bertz CT molecular complexity index is 808. The van der Waals surface area contributed by atoms with Crippen LogP contribution in [0.1, 0.15) is 26.5 Å². The number of halogens is 2. The van der Waals surface area contributed by atoms with Gasteiger partial charge in [-0.15, -0.1) is 0 Å². The SMILES string of the molecule is CC(C)(C)c1nn(-c2c(F)cccc2Cl)c2n[nH]c(N)c12. The molecule has 0 bridgehead atoms. The van der Waals surface area contributed by atoms with Gasteiger partial charge in [0.1, 0.15) is 17.3 Å². The standard InChI is InChI=1S/C14H15ClFN5/c1-14(2,3)11-9-12(17)18-19-13(9)21(20-11)10-7(15)5-4-6-8(10)16/h4-6H,1-3H3,(H3,17,18,19). The van der Waals surface area contributed by atoms with Gasteiger partial charge in [0.25, 0.3) is 0 Å². The zero-order chi connectivity index (χ0) is 15.4. The number of hydrogen-bond acceptors (Lipinski definition) is 3. The Morgan fingerprint density at radius 2 is 2.05 bits per heavy atom. The molecular formula is C14H15ClFN5. The average Bonchev–Trinajstić information content (AvgIpc) is 2.91. The third-order valence-corrected chi connectivity index (χ3v) is 3.58. The molecule has 0 amide bonds. The van der Waals surface area contributed by atoms with Gasteiger partial charge in [-0.25, -0.2) is 9.07 Å². The zero-order valence-electron chi connectivity index (χ0n) is 11.9. The molecule has 0 aliphatic rings. The summed E-state index contributed by atoms with van der Waals surface area (Å²) in [5.41, 5.74) is 7.05. The van der Waals surface area contributed by atoms with Gasteiger partial charge in [-0.05, 0) is 12.1 Å². The Balaban J connectivity index is 2.40. The molecule has 3 rings (SSSR count). The number of fused-ring (bicyclic) bond motifs is 1. The highest BCUT2D eigenvalue weighted by atomic mass is 35.5. The minimum atomic E-state index is -0.464. The van der Waals surface area contributed by atoms with Crippen molar-refractivity contribution in [3.05, 3.63) is 34.7 Å². The average molecular weight is 308 g/mol. The van der Waals surface area contributed by atoms with E-state index in [0.717, 1.165) is 5.69 Å². The molecule has 1 aromatic carbocycles. The van der Waals surface area contributed by atoms with E-state index in [9.17, 15) is 4.39 Å². The quantitative estimate of drug-likeness (QED) is 0.723. The maximum atomic E-state index is 14.2. The molecule has 0 aliphatic heterocycles. The van der Waals surface area contributed by atoms with Crippen LogP contribution in [0.3, 0.4) is 0 Å². The van der Waals surface area contributed by atoms with Crippen molar-refractivity contribution in [2.75, 3.05) is 5.73 Å². The molecule has 7 heteroatoms. The molecule has 110 valence electrons. The minimum absolute atomic E-state index is 0.172. The summed E-state index contributed by atoms with van der Waals surface area (Å²) in [6.45, 7) is 6.03. The van der Waals surface area contributed by atoms with E-state index in [-0.39, 0.29) is 16.1 Å². The summed E-state index contributed by atoms with van der Waals surface area (Å²) in [7, 11) is 0. The summed E-state index contributed by atoms with van der Waals surface area (Å²) in [5, 5.41) is 12.3. The molecule has 3 N–H and O–H groups in total. The molecule has 2 aromatic heterocycles. The monoisotopic (exact) mass is 307 g/mol. The zero-order valence-corrected chi connectivity index (χ0v) is 12.7. The Hall–Kier alpha value is -2.08. The molecule has 0 saturated carbocycles. The first-order chi connectivity index (χ1) is 9.80. The van der Waals surface area contributed by atoms with Gasteiger partial charge in [-0.3, -0.25) is 5.10 Å². The van der Waals surface area contributed by atoms with Gasteiger partial charge in [-0.1, -0.05) is 38.4 Å². The van der Waals surface area contributed by atoms with E-state index in [0.29, 0.717) is 16.9 Å². The molecule has 2 heterocycles. The normalized spacial score (nSPS) is 12.2. The van der Waals surface area contributed by atoms with Gasteiger partial charge in [0.05, 0.1) is 16.1 Å². The number of anilines is 1. The summed E-state index contributed by atoms with van der Waals surface area (Å²) in [6, 6.07) is 4.49. The van der Waals surface area contributed by atoms with Crippen molar-refractivity contribution in [3.63, 3.8) is 0 Å². The van der Waals surface area contributed by atoms with E-state index < -0.39 is 5.82 Å². The maximum Gasteiger partial charge on any atom is 0.186 e. The van der Waals surface area contributed by atoms with Crippen LogP contribution in [-0.4, -0.2) is 20.0 Å². The fraction of sp³-hybridized carbons (Fsp3) is 0.286. The molecule has 21 heavy (non-hydrogen) atoms. The Kier molecular flexibility index (Phi) is 2.95. The highest BCUT2D eigenvalue weighted by Gasteiger charge is 2.27. The lowest BCUT2D eigenvalue weighted by Crippen LogP contribution is -2.14. The molecule has 0 fully saturated rings. The summed E-state index contributed by atoms with van der Waals surface area (Å²) in [6.07, 6.45) is 0. The first kappa shape index (κ1) is 13.9. The van der Waals surface area contributed by atoms with E-state index in [4.69, 9.17) is 17.3 Å². The molecule has 0 radical (unpaired) electrons. The summed E-state index contributed by atoms with van der Waals surface area (Å²) in [4.78, 5) is 0. The first-order valence-corrected chi connectivity index (χ1v) is 6.86. The van der Waals surface area contributed by atoms with Crippen LogP contribution >= 0.6 is 11.6 Å². The summed E-state index contributed by atoms with van der Waals surface area (Å²) in [5.74, 6) is -0.0532. The number of para-hydroxylation sites is 1. The van der Waals surface area contributed by atoms with Crippen molar-refractivity contribution in [2.24, 2.45) is 0 Å². The van der Waals surface area contributed by atoms with Gasteiger partial charge in [0.2, 0.25) is 0 Å². The highest BCUT2D eigenvalue weighted by molar-refractivity contribution is 6.32. The maximum absolute atomic E-state index is 14.2. The summed E-state index contributed by atoms with van der Waals surface area (Å²) < 4.78 is 15.6. The smallest absolute Gasteiger partial charge is 0.186 e. The predicted octanol–water partition coefficient (Wildman–Crippen LogP) is 3.42. The number of nitrogen functional groups attached to an aromatic ring is 1. The lowest BCUT2D eigenvalue weighted by Gasteiger charge is -2.15. The van der Waals surface area contributed by atoms with Crippen molar-refractivity contribution in [3.8, 4) is 5.69 Å². The number of nitrogens with one attached hydrogen (secondary N) is 1. The van der Waals surface area contributed by atoms with Crippen LogP contribution in [0, 0.1) is 5.82 Å². The lowest BCUT2D eigenvalue weighted by atomic mass is 9.91. The van der Waals surface area contributed by atoms with Crippen LogP contribution in [0.5, 0.6) is 0 Å². The van der Waals surface area contributed by atoms with Gasteiger partial charge < -0.3 is 5.73 Å². The number of aromatic nitrogens is 4. The Morgan fingerprint density at radius 1 is 1.33 bits per heavy atom.